The summed E-state index contributed by atoms with van der Waals surface area (Å²) >= 11 is 0. The van der Waals surface area contributed by atoms with E-state index >= 15 is 0 Å². The lowest BCUT2D eigenvalue weighted by Gasteiger charge is -2.33. The summed E-state index contributed by atoms with van der Waals surface area (Å²) < 4.78 is 18.3. The van der Waals surface area contributed by atoms with Crippen LogP contribution in [-0.4, -0.2) is 19.8 Å². The molecule has 3 nitrogen and oxygen atoms in total. The Morgan fingerprint density at radius 1 is 0.682 bits per heavy atom. The van der Waals surface area contributed by atoms with Crippen molar-refractivity contribution in [2.75, 3.05) is 19.8 Å². The monoisotopic (exact) mass is 308 g/mol. The third-order valence-electron chi connectivity index (χ3n) is 3.50. The molecule has 0 spiro atoms. The maximum absolute atomic E-state index is 6.10. The molecule has 0 bridgehead atoms. The Hall–Kier alpha value is -0.900. The maximum Gasteiger partial charge on any atom is 0.311 e. The van der Waals surface area contributed by atoms with E-state index in [-0.39, 0.29) is 0 Å². The molecule has 0 unspecified atom stereocenters. The molecule has 3 heteroatoms. The quantitative estimate of drug-likeness (QED) is 0.368. The van der Waals surface area contributed by atoms with Crippen LogP contribution in [-0.2, 0) is 20.2 Å². The fourth-order valence-corrected chi connectivity index (χ4v) is 2.07. The molecule has 126 valence electrons. The highest BCUT2D eigenvalue weighted by atomic mass is 16.9. The van der Waals surface area contributed by atoms with E-state index in [2.05, 4.69) is 20.8 Å². The lowest BCUT2D eigenvalue weighted by atomic mass is 10.2. The van der Waals surface area contributed by atoms with E-state index in [0.29, 0.717) is 19.8 Å². The molecule has 0 amide bonds. The second-order valence-electron chi connectivity index (χ2n) is 5.53. The van der Waals surface area contributed by atoms with Crippen molar-refractivity contribution >= 4 is 0 Å². The second kappa shape index (κ2) is 11.6. The van der Waals surface area contributed by atoms with Gasteiger partial charge >= 0.3 is 5.97 Å². The van der Waals surface area contributed by atoms with Crippen LogP contribution in [0.4, 0.5) is 0 Å². The van der Waals surface area contributed by atoms with Crippen LogP contribution >= 0.6 is 0 Å². The molecule has 0 aliphatic rings. The third-order valence-corrected chi connectivity index (χ3v) is 3.50. The van der Waals surface area contributed by atoms with Gasteiger partial charge in [-0.25, -0.2) is 0 Å². The van der Waals surface area contributed by atoms with Gasteiger partial charge in [0.1, 0.15) is 0 Å². The van der Waals surface area contributed by atoms with Crippen LogP contribution in [0.25, 0.3) is 0 Å². The lowest BCUT2D eigenvalue weighted by Crippen LogP contribution is -2.37. The van der Waals surface area contributed by atoms with Crippen molar-refractivity contribution in [3.8, 4) is 0 Å². The highest BCUT2D eigenvalue weighted by Gasteiger charge is 2.35. The molecule has 0 heterocycles. The van der Waals surface area contributed by atoms with Crippen LogP contribution in [0.3, 0.4) is 0 Å². The van der Waals surface area contributed by atoms with E-state index in [1.807, 2.05) is 30.3 Å². The SMILES string of the molecule is CCCCOC(OCCCC)(OCCCC)c1ccccc1. The molecule has 0 atom stereocenters. The van der Waals surface area contributed by atoms with Gasteiger partial charge in [0.15, 0.2) is 0 Å². The van der Waals surface area contributed by atoms with E-state index in [1.54, 1.807) is 0 Å². The summed E-state index contributed by atoms with van der Waals surface area (Å²) in [6, 6.07) is 10.0. The molecule has 0 radical (unpaired) electrons. The fourth-order valence-electron chi connectivity index (χ4n) is 2.07. The zero-order valence-electron chi connectivity index (χ0n) is 14.5. The van der Waals surface area contributed by atoms with Crippen molar-refractivity contribution in [2.45, 2.75) is 65.3 Å². The van der Waals surface area contributed by atoms with Gasteiger partial charge in [-0.05, 0) is 19.3 Å². The number of benzene rings is 1. The average Bonchev–Trinajstić information content (AvgIpc) is 2.56. The van der Waals surface area contributed by atoms with Gasteiger partial charge in [-0.3, -0.25) is 0 Å². The van der Waals surface area contributed by atoms with Gasteiger partial charge < -0.3 is 14.2 Å². The minimum absolute atomic E-state index is 0.643. The summed E-state index contributed by atoms with van der Waals surface area (Å²) in [5.74, 6) is -1.05. The molecule has 0 aromatic heterocycles. The Labute approximate surface area is 136 Å². The first-order valence-corrected chi connectivity index (χ1v) is 8.76. The fraction of sp³-hybridized carbons (Fsp3) is 0.684. The molecular weight excluding hydrogens is 276 g/mol. The van der Waals surface area contributed by atoms with E-state index < -0.39 is 5.97 Å². The summed E-state index contributed by atoms with van der Waals surface area (Å²) in [5, 5.41) is 0. The molecule has 0 saturated carbocycles. The zero-order valence-corrected chi connectivity index (χ0v) is 14.5. The average molecular weight is 308 g/mol. The van der Waals surface area contributed by atoms with Gasteiger partial charge in [0.2, 0.25) is 0 Å². The van der Waals surface area contributed by atoms with Crippen molar-refractivity contribution in [3.63, 3.8) is 0 Å². The second-order valence-corrected chi connectivity index (χ2v) is 5.53. The highest BCUT2D eigenvalue weighted by molar-refractivity contribution is 5.18. The molecule has 0 N–H and O–H groups in total. The predicted octanol–water partition coefficient (Wildman–Crippen LogP) is 5.25. The molecule has 22 heavy (non-hydrogen) atoms. The van der Waals surface area contributed by atoms with Crippen LogP contribution < -0.4 is 0 Å². The molecule has 0 fully saturated rings. The van der Waals surface area contributed by atoms with Crippen molar-refractivity contribution in [3.05, 3.63) is 35.9 Å². The largest absolute Gasteiger partial charge is 0.324 e. The van der Waals surface area contributed by atoms with Crippen LogP contribution in [0, 0.1) is 0 Å². The first kappa shape index (κ1) is 19.1. The van der Waals surface area contributed by atoms with Crippen molar-refractivity contribution in [2.24, 2.45) is 0 Å². The van der Waals surface area contributed by atoms with Crippen molar-refractivity contribution in [1.82, 2.24) is 0 Å². The Morgan fingerprint density at radius 2 is 1.09 bits per heavy atom. The van der Waals surface area contributed by atoms with Crippen LogP contribution in [0.2, 0.25) is 0 Å². The van der Waals surface area contributed by atoms with Crippen LogP contribution in [0.1, 0.15) is 64.9 Å². The van der Waals surface area contributed by atoms with E-state index in [9.17, 15) is 0 Å². The number of unbranched alkanes of at least 4 members (excludes halogenated alkanes) is 3. The third kappa shape index (κ3) is 6.47. The molecule has 0 aliphatic carbocycles. The van der Waals surface area contributed by atoms with Gasteiger partial charge in [-0.2, -0.15) is 0 Å². The summed E-state index contributed by atoms with van der Waals surface area (Å²) in [6.07, 6.45) is 6.28. The molecule has 0 aliphatic heterocycles. The minimum Gasteiger partial charge on any atom is -0.324 e. The first-order chi connectivity index (χ1) is 10.8. The van der Waals surface area contributed by atoms with Gasteiger partial charge in [-0.15, -0.1) is 0 Å². The molecule has 0 saturated heterocycles. The van der Waals surface area contributed by atoms with Crippen LogP contribution in [0.5, 0.6) is 0 Å². The highest BCUT2D eigenvalue weighted by Crippen LogP contribution is 2.30. The molecule has 1 aromatic carbocycles. The van der Waals surface area contributed by atoms with Gasteiger partial charge in [0.25, 0.3) is 0 Å². The van der Waals surface area contributed by atoms with E-state index in [0.717, 1.165) is 44.1 Å². The maximum atomic E-state index is 6.10. The first-order valence-electron chi connectivity index (χ1n) is 8.76. The number of hydrogen-bond donors (Lipinski definition) is 0. The molecule has 1 rings (SSSR count). The number of ether oxygens (including phenoxy) is 3. The minimum atomic E-state index is -1.05. The van der Waals surface area contributed by atoms with E-state index in [4.69, 9.17) is 14.2 Å². The number of hydrogen-bond acceptors (Lipinski definition) is 3. The van der Waals surface area contributed by atoms with Crippen molar-refractivity contribution in [1.29, 1.82) is 0 Å². The summed E-state index contributed by atoms with van der Waals surface area (Å²) in [6.45, 7) is 8.40. The molecule has 1 aromatic rings. The van der Waals surface area contributed by atoms with Crippen LogP contribution in [0.15, 0.2) is 30.3 Å². The molecular formula is C19H32O3. The Kier molecular flexibility index (Phi) is 10.1. The summed E-state index contributed by atoms with van der Waals surface area (Å²) in [7, 11) is 0. The van der Waals surface area contributed by atoms with Crippen molar-refractivity contribution < 1.29 is 14.2 Å². The zero-order chi connectivity index (χ0) is 16.1. The lowest BCUT2D eigenvalue weighted by molar-refractivity contribution is -0.394. The Morgan fingerprint density at radius 3 is 1.45 bits per heavy atom. The van der Waals surface area contributed by atoms with E-state index in [1.165, 1.54) is 0 Å². The Balaban J connectivity index is 2.88. The summed E-state index contributed by atoms with van der Waals surface area (Å²) in [5.41, 5.74) is 0.943. The van der Waals surface area contributed by atoms with Gasteiger partial charge in [-0.1, -0.05) is 70.4 Å². The Bertz CT molecular complexity index is 338. The predicted molar refractivity (Wildman–Crippen MR) is 90.7 cm³/mol. The normalized spacial score (nSPS) is 11.8. The number of rotatable bonds is 13. The standard InChI is InChI=1S/C19H32O3/c1-4-7-15-20-19(21-16-8-5-2,22-17-9-6-3)18-13-11-10-12-14-18/h10-14H,4-9,15-17H2,1-3H3. The topological polar surface area (TPSA) is 27.7 Å². The van der Waals surface area contributed by atoms with Gasteiger partial charge in [0.05, 0.1) is 19.8 Å². The smallest absolute Gasteiger partial charge is 0.311 e. The van der Waals surface area contributed by atoms with Gasteiger partial charge in [0, 0.05) is 5.56 Å². The summed E-state index contributed by atoms with van der Waals surface area (Å²) in [4.78, 5) is 0.